The van der Waals surface area contributed by atoms with Gasteiger partial charge in [0.1, 0.15) is 0 Å². The summed E-state index contributed by atoms with van der Waals surface area (Å²) in [5, 5.41) is 4.85. The molecule has 17 heavy (non-hydrogen) atoms. The summed E-state index contributed by atoms with van der Waals surface area (Å²) in [6.07, 6.45) is 6.36. The maximum Gasteiger partial charge on any atom is 0.0900 e. The minimum atomic E-state index is 0.379. The number of aromatic nitrogens is 1. The highest BCUT2D eigenvalue weighted by Gasteiger charge is 2.36. The molecule has 1 aliphatic carbocycles. The Hall–Kier alpha value is -0.0600. The Labute approximate surface area is 113 Å². The third-order valence-electron chi connectivity index (χ3n) is 3.78. The van der Waals surface area contributed by atoms with Crippen LogP contribution in [0.1, 0.15) is 47.8 Å². The maximum absolute atomic E-state index is 4.63. The van der Waals surface area contributed by atoms with E-state index in [1.165, 1.54) is 34.8 Å². The first kappa shape index (κ1) is 13.4. The molecular weight excluding hydrogens is 248 g/mol. The van der Waals surface area contributed by atoms with Crippen molar-refractivity contribution in [1.82, 2.24) is 10.3 Å². The van der Waals surface area contributed by atoms with Gasteiger partial charge in [0.15, 0.2) is 0 Å². The summed E-state index contributed by atoms with van der Waals surface area (Å²) >= 11 is 3.83. The fourth-order valence-corrected chi connectivity index (χ4v) is 4.25. The molecule has 0 spiro atoms. The molecular formula is C13H22N2S2. The Morgan fingerprint density at radius 2 is 2.18 bits per heavy atom. The number of nitrogens with zero attached hydrogens (tertiary/aromatic N) is 1. The fourth-order valence-electron chi connectivity index (χ4n) is 2.41. The molecule has 1 fully saturated rings. The molecule has 4 heteroatoms. The minimum Gasteiger partial charge on any atom is -0.307 e. The molecule has 1 aromatic heterocycles. The van der Waals surface area contributed by atoms with Gasteiger partial charge in [0.25, 0.3) is 0 Å². The first-order chi connectivity index (χ1) is 8.06. The van der Waals surface area contributed by atoms with Crippen molar-refractivity contribution < 1.29 is 0 Å². The number of nitrogens with one attached hydrogen (secondary N) is 1. The van der Waals surface area contributed by atoms with E-state index < -0.39 is 0 Å². The van der Waals surface area contributed by atoms with Crippen molar-refractivity contribution in [2.45, 2.75) is 50.8 Å². The standard InChI is InChI=1S/C13H22N2S2/c1-9(12-10(2)17-11(3)15-12)14-8-13(16-4)6-5-7-13/h9,14H,5-8H2,1-4H3. The van der Waals surface area contributed by atoms with Crippen LogP contribution in [0.4, 0.5) is 0 Å². The molecule has 1 unspecified atom stereocenters. The third-order valence-corrected chi connectivity index (χ3v) is 6.10. The van der Waals surface area contributed by atoms with Crippen LogP contribution in [0.2, 0.25) is 0 Å². The summed E-state index contributed by atoms with van der Waals surface area (Å²) in [6.45, 7) is 7.61. The van der Waals surface area contributed by atoms with Gasteiger partial charge in [-0.3, -0.25) is 0 Å². The molecule has 1 N–H and O–H groups in total. The summed E-state index contributed by atoms with van der Waals surface area (Å²) in [4.78, 5) is 5.99. The van der Waals surface area contributed by atoms with Crippen LogP contribution in [0.3, 0.4) is 0 Å². The highest BCUT2D eigenvalue weighted by molar-refractivity contribution is 8.00. The highest BCUT2D eigenvalue weighted by atomic mass is 32.2. The Morgan fingerprint density at radius 1 is 1.47 bits per heavy atom. The third kappa shape index (κ3) is 2.85. The number of hydrogen-bond donors (Lipinski definition) is 1. The summed E-state index contributed by atoms with van der Waals surface area (Å²) in [5.74, 6) is 0. The smallest absolute Gasteiger partial charge is 0.0900 e. The predicted molar refractivity (Wildman–Crippen MR) is 78.1 cm³/mol. The molecule has 1 heterocycles. The monoisotopic (exact) mass is 270 g/mol. The largest absolute Gasteiger partial charge is 0.307 e. The van der Waals surface area contributed by atoms with Crippen molar-refractivity contribution in [3.63, 3.8) is 0 Å². The van der Waals surface area contributed by atoms with Crippen LogP contribution in [0, 0.1) is 13.8 Å². The molecule has 2 nitrogen and oxygen atoms in total. The second-order valence-electron chi connectivity index (χ2n) is 5.02. The maximum atomic E-state index is 4.63. The molecule has 0 radical (unpaired) electrons. The summed E-state index contributed by atoms with van der Waals surface area (Å²) in [6, 6.07) is 0.379. The van der Waals surface area contributed by atoms with Gasteiger partial charge in [0.05, 0.1) is 10.7 Å². The van der Waals surface area contributed by atoms with Crippen LogP contribution in [0.5, 0.6) is 0 Å². The van der Waals surface area contributed by atoms with Crippen molar-refractivity contribution in [1.29, 1.82) is 0 Å². The zero-order valence-corrected chi connectivity index (χ0v) is 12.8. The van der Waals surface area contributed by atoms with Crippen LogP contribution in [-0.2, 0) is 0 Å². The van der Waals surface area contributed by atoms with E-state index in [4.69, 9.17) is 0 Å². The Bertz CT molecular complexity index is 377. The first-order valence-electron chi connectivity index (χ1n) is 6.29. The molecule has 0 aromatic carbocycles. The quantitative estimate of drug-likeness (QED) is 0.883. The zero-order chi connectivity index (χ0) is 12.5. The van der Waals surface area contributed by atoms with E-state index in [9.17, 15) is 0 Å². The molecule has 1 aliphatic rings. The van der Waals surface area contributed by atoms with E-state index in [0.717, 1.165) is 6.54 Å². The number of aryl methyl sites for hydroxylation is 2. The number of rotatable bonds is 5. The van der Waals surface area contributed by atoms with Crippen LogP contribution < -0.4 is 5.32 Å². The van der Waals surface area contributed by atoms with E-state index in [-0.39, 0.29) is 0 Å². The second-order valence-corrected chi connectivity index (χ2v) is 7.70. The molecule has 1 aromatic rings. The van der Waals surface area contributed by atoms with Gasteiger partial charge >= 0.3 is 0 Å². The lowest BCUT2D eigenvalue weighted by atomic mass is 9.84. The topological polar surface area (TPSA) is 24.9 Å². The molecule has 0 bridgehead atoms. The summed E-state index contributed by atoms with van der Waals surface area (Å²) in [7, 11) is 0. The summed E-state index contributed by atoms with van der Waals surface area (Å²) < 4.78 is 0.507. The molecule has 96 valence electrons. The van der Waals surface area contributed by atoms with E-state index in [2.05, 4.69) is 37.3 Å². The predicted octanol–water partition coefficient (Wildman–Crippen LogP) is 3.70. The molecule has 1 atom stereocenters. The van der Waals surface area contributed by atoms with E-state index >= 15 is 0 Å². The molecule has 0 aliphatic heterocycles. The fraction of sp³-hybridized carbons (Fsp3) is 0.769. The van der Waals surface area contributed by atoms with Gasteiger partial charge in [-0.05, 0) is 39.9 Å². The van der Waals surface area contributed by atoms with Gasteiger partial charge in [-0.25, -0.2) is 4.98 Å². The van der Waals surface area contributed by atoms with Gasteiger partial charge in [0.2, 0.25) is 0 Å². The number of thiazole rings is 1. The first-order valence-corrected chi connectivity index (χ1v) is 8.33. The molecule has 1 saturated carbocycles. The summed E-state index contributed by atoms with van der Waals surface area (Å²) in [5.41, 5.74) is 1.24. The lowest BCUT2D eigenvalue weighted by molar-refractivity contribution is 0.333. The van der Waals surface area contributed by atoms with Crippen molar-refractivity contribution in [3.8, 4) is 0 Å². The second kappa shape index (κ2) is 5.29. The average molecular weight is 270 g/mol. The lowest BCUT2D eigenvalue weighted by Crippen LogP contribution is -2.44. The lowest BCUT2D eigenvalue weighted by Gasteiger charge is -2.41. The van der Waals surface area contributed by atoms with Gasteiger partial charge in [-0.1, -0.05) is 6.42 Å². The van der Waals surface area contributed by atoms with Crippen LogP contribution >= 0.6 is 23.1 Å². The number of hydrogen-bond acceptors (Lipinski definition) is 4. The molecule has 2 rings (SSSR count). The SMILES string of the molecule is CSC1(CNC(C)c2nc(C)sc2C)CCC1. The van der Waals surface area contributed by atoms with Gasteiger partial charge < -0.3 is 5.32 Å². The highest BCUT2D eigenvalue weighted by Crippen LogP contribution is 2.42. The molecule has 0 saturated heterocycles. The van der Waals surface area contributed by atoms with Crippen LogP contribution in [0.15, 0.2) is 0 Å². The normalized spacial score (nSPS) is 20.0. The Morgan fingerprint density at radius 3 is 2.59 bits per heavy atom. The minimum absolute atomic E-state index is 0.379. The van der Waals surface area contributed by atoms with E-state index in [1.807, 2.05) is 11.8 Å². The zero-order valence-electron chi connectivity index (χ0n) is 11.2. The van der Waals surface area contributed by atoms with Crippen molar-refractivity contribution in [3.05, 3.63) is 15.6 Å². The van der Waals surface area contributed by atoms with Crippen LogP contribution in [0.25, 0.3) is 0 Å². The average Bonchev–Trinajstić information content (AvgIpc) is 2.57. The Kier molecular flexibility index (Phi) is 4.16. The van der Waals surface area contributed by atoms with Crippen molar-refractivity contribution in [2.24, 2.45) is 0 Å². The van der Waals surface area contributed by atoms with Crippen molar-refractivity contribution in [2.75, 3.05) is 12.8 Å². The van der Waals surface area contributed by atoms with Gasteiger partial charge in [-0.15, -0.1) is 11.3 Å². The van der Waals surface area contributed by atoms with Crippen LogP contribution in [-0.4, -0.2) is 22.5 Å². The van der Waals surface area contributed by atoms with E-state index in [1.54, 1.807) is 11.3 Å². The van der Waals surface area contributed by atoms with Crippen molar-refractivity contribution >= 4 is 23.1 Å². The van der Waals surface area contributed by atoms with E-state index in [0.29, 0.717) is 10.8 Å². The van der Waals surface area contributed by atoms with Gasteiger partial charge in [0, 0.05) is 22.2 Å². The molecule has 0 amide bonds. The number of thioether (sulfide) groups is 1. The Balaban J connectivity index is 1.93. The van der Waals surface area contributed by atoms with Gasteiger partial charge in [-0.2, -0.15) is 11.8 Å².